The fraction of sp³-hybridized carbons (Fsp3) is 0.318. The minimum Gasteiger partial charge on any atom is -0.355 e. The highest BCUT2D eigenvalue weighted by molar-refractivity contribution is 5.93. The summed E-state index contributed by atoms with van der Waals surface area (Å²) in [6.07, 6.45) is 9.65. The van der Waals surface area contributed by atoms with Gasteiger partial charge in [-0.25, -0.2) is 0 Å². The summed E-state index contributed by atoms with van der Waals surface area (Å²) in [7, 11) is 0. The van der Waals surface area contributed by atoms with Gasteiger partial charge < -0.3 is 16.0 Å². The molecule has 1 aromatic carbocycles. The number of carbonyl (C=O) groups excluding carboxylic acids is 2. The Hall–Kier alpha value is -3.15. The molecule has 1 aliphatic rings. The van der Waals surface area contributed by atoms with E-state index >= 15 is 0 Å². The monoisotopic (exact) mass is 378 g/mol. The zero-order valence-electron chi connectivity index (χ0n) is 16.1. The molecule has 6 nitrogen and oxygen atoms in total. The predicted molar refractivity (Wildman–Crippen MR) is 112 cm³/mol. The van der Waals surface area contributed by atoms with Crippen molar-refractivity contribution in [1.29, 1.82) is 0 Å². The summed E-state index contributed by atoms with van der Waals surface area (Å²) in [6, 6.07) is 10.9. The summed E-state index contributed by atoms with van der Waals surface area (Å²) in [5.41, 5.74) is 4.20. The van der Waals surface area contributed by atoms with Crippen LogP contribution < -0.4 is 16.0 Å². The maximum Gasteiger partial charge on any atom is 0.269 e. The number of hydrogen-bond acceptors (Lipinski definition) is 4. The van der Waals surface area contributed by atoms with Crippen molar-refractivity contribution in [3.63, 3.8) is 0 Å². The molecule has 1 aliphatic carbocycles. The summed E-state index contributed by atoms with van der Waals surface area (Å²) in [5.74, 6) is -0.272. The smallest absolute Gasteiger partial charge is 0.269 e. The zero-order valence-corrected chi connectivity index (χ0v) is 16.1. The molecule has 0 saturated heterocycles. The molecule has 0 saturated carbocycles. The van der Waals surface area contributed by atoms with Crippen molar-refractivity contribution in [1.82, 2.24) is 10.3 Å². The molecule has 28 heavy (non-hydrogen) atoms. The second-order valence-electron chi connectivity index (χ2n) is 6.93. The van der Waals surface area contributed by atoms with E-state index in [2.05, 4.69) is 27.0 Å². The second-order valence-corrected chi connectivity index (χ2v) is 6.93. The van der Waals surface area contributed by atoms with Crippen molar-refractivity contribution in [2.75, 3.05) is 17.2 Å². The van der Waals surface area contributed by atoms with Gasteiger partial charge in [-0.2, -0.15) is 0 Å². The van der Waals surface area contributed by atoms with Crippen molar-refractivity contribution in [3.8, 4) is 0 Å². The number of benzene rings is 1. The normalized spacial score (nSPS) is 13.4. The first-order valence-corrected chi connectivity index (χ1v) is 9.67. The first-order valence-electron chi connectivity index (χ1n) is 9.67. The Morgan fingerprint density at radius 3 is 2.54 bits per heavy atom. The summed E-state index contributed by atoms with van der Waals surface area (Å²) >= 11 is 0. The van der Waals surface area contributed by atoms with E-state index in [1.807, 2.05) is 30.3 Å². The van der Waals surface area contributed by atoms with Crippen LogP contribution in [0, 0.1) is 0 Å². The van der Waals surface area contributed by atoms with Crippen LogP contribution in [0.15, 0.2) is 54.2 Å². The minimum atomic E-state index is -0.166. The molecule has 1 aromatic heterocycles. The Bertz CT molecular complexity index is 859. The van der Waals surface area contributed by atoms with E-state index in [1.54, 1.807) is 12.3 Å². The number of nitrogens with zero attached hydrogens (tertiary/aromatic N) is 1. The van der Waals surface area contributed by atoms with Crippen molar-refractivity contribution in [3.05, 3.63) is 59.9 Å². The molecule has 6 heteroatoms. The fourth-order valence-corrected chi connectivity index (χ4v) is 3.20. The van der Waals surface area contributed by atoms with Crippen molar-refractivity contribution in [2.24, 2.45) is 0 Å². The van der Waals surface area contributed by atoms with Crippen LogP contribution in [-0.4, -0.2) is 23.3 Å². The van der Waals surface area contributed by atoms with Crippen LogP contribution in [0.2, 0.25) is 0 Å². The minimum absolute atomic E-state index is 0.106. The predicted octanol–water partition coefficient (Wildman–Crippen LogP) is 4.40. The van der Waals surface area contributed by atoms with Crippen LogP contribution in [-0.2, 0) is 4.79 Å². The number of hydrogen-bond donors (Lipinski definition) is 3. The Morgan fingerprint density at radius 2 is 1.82 bits per heavy atom. The maximum absolute atomic E-state index is 12.4. The topological polar surface area (TPSA) is 83.1 Å². The molecule has 146 valence electrons. The van der Waals surface area contributed by atoms with E-state index in [0.717, 1.165) is 36.3 Å². The summed E-state index contributed by atoms with van der Waals surface area (Å²) < 4.78 is 0. The van der Waals surface area contributed by atoms with Gasteiger partial charge in [-0.3, -0.25) is 14.6 Å². The molecule has 1 heterocycles. The SMILES string of the molecule is CC(=O)Nc1ccc(Nc2ccnc(C(=O)NCCC3=CCCCC3)c2)cc1. The first kappa shape index (κ1) is 19.6. The number of rotatable bonds is 7. The highest BCUT2D eigenvalue weighted by atomic mass is 16.2. The number of anilines is 3. The third-order valence-electron chi connectivity index (χ3n) is 4.60. The molecular weight excluding hydrogens is 352 g/mol. The standard InChI is InChI=1S/C22H26N4O2/c1-16(27)25-18-7-9-19(10-8-18)26-20-12-14-23-21(15-20)22(28)24-13-11-17-5-3-2-4-6-17/h5,7-10,12,14-15H,2-4,6,11,13H2,1H3,(H,23,26)(H,24,28)(H,25,27). The number of carbonyl (C=O) groups is 2. The molecule has 0 atom stereocenters. The van der Waals surface area contributed by atoms with Crippen LogP contribution in [0.4, 0.5) is 17.1 Å². The van der Waals surface area contributed by atoms with Crippen molar-refractivity contribution >= 4 is 28.9 Å². The summed E-state index contributed by atoms with van der Waals surface area (Å²) in [4.78, 5) is 27.6. The van der Waals surface area contributed by atoms with Crippen LogP contribution in [0.1, 0.15) is 49.5 Å². The lowest BCUT2D eigenvalue weighted by atomic mass is 9.97. The van der Waals surface area contributed by atoms with E-state index in [0.29, 0.717) is 12.2 Å². The summed E-state index contributed by atoms with van der Waals surface area (Å²) in [5, 5.41) is 8.93. The lowest BCUT2D eigenvalue weighted by Crippen LogP contribution is -2.25. The third-order valence-corrected chi connectivity index (χ3v) is 4.60. The fourth-order valence-electron chi connectivity index (χ4n) is 3.20. The molecule has 0 unspecified atom stereocenters. The Kier molecular flexibility index (Phi) is 6.78. The molecule has 0 fully saturated rings. The van der Waals surface area contributed by atoms with Gasteiger partial charge in [-0.05, 0) is 68.5 Å². The lowest BCUT2D eigenvalue weighted by molar-refractivity contribution is -0.114. The van der Waals surface area contributed by atoms with E-state index in [-0.39, 0.29) is 11.8 Å². The van der Waals surface area contributed by atoms with E-state index in [9.17, 15) is 9.59 Å². The average Bonchev–Trinajstić information content (AvgIpc) is 2.70. The quantitative estimate of drug-likeness (QED) is 0.624. The van der Waals surface area contributed by atoms with Crippen LogP contribution in [0.5, 0.6) is 0 Å². The van der Waals surface area contributed by atoms with Gasteiger partial charge in [0.25, 0.3) is 5.91 Å². The Balaban J connectivity index is 1.54. The van der Waals surface area contributed by atoms with Gasteiger partial charge in [-0.15, -0.1) is 0 Å². The largest absolute Gasteiger partial charge is 0.355 e. The maximum atomic E-state index is 12.4. The molecule has 2 aromatic rings. The van der Waals surface area contributed by atoms with Gasteiger partial charge in [-0.1, -0.05) is 11.6 Å². The van der Waals surface area contributed by atoms with Gasteiger partial charge in [0.1, 0.15) is 5.69 Å². The van der Waals surface area contributed by atoms with E-state index < -0.39 is 0 Å². The van der Waals surface area contributed by atoms with Crippen LogP contribution in [0.3, 0.4) is 0 Å². The first-order chi connectivity index (χ1) is 13.6. The van der Waals surface area contributed by atoms with Gasteiger partial charge in [0.2, 0.25) is 5.91 Å². The number of amides is 2. The molecule has 3 rings (SSSR count). The number of allylic oxidation sites excluding steroid dienone is 1. The molecular formula is C22H26N4O2. The van der Waals surface area contributed by atoms with Gasteiger partial charge in [0, 0.05) is 36.7 Å². The molecule has 0 bridgehead atoms. The third kappa shape index (κ3) is 5.94. The van der Waals surface area contributed by atoms with Gasteiger partial charge in [0.15, 0.2) is 0 Å². The number of nitrogens with one attached hydrogen (secondary N) is 3. The van der Waals surface area contributed by atoms with Crippen molar-refractivity contribution in [2.45, 2.75) is 39.0 Å². The number of pyridine rings is 1. The molecule has 2 amide bonds. The molecule has 0 aliphatic heterocycles. The lowest BCUT2D eigenvalue weighted by Gasteiger charge is -2.13. The molecule has 0 spiro atoms. The average molecular weight is 378 g/mol. The van der Waals surface area contributed by atoms with Crippen LogP contribution >= 0.6 is 0 Å². The zero-order chi connectivity index (χ0) is 19.8. The van der Waals surface area contributed by atoms with E-state index in [1.165, 1.54) is 25.3 Å². The molecule has 3 N–H and O–H groups in total. The van der Waals surface area contributed by atoms with Gasteiger partial charge in [0.05, 0.1) is 0 Å². The summed E-state index contributed by atoms with van der Waals surface area (Å²) in [6.45, 7) is 2.11. The Labute approximate surface area is 165 Å². The highest BCUT2D eigenvalue weighted by Gasteiger charge is 2.09. The van der Waals surface area contributed by atoms with Crippen LogP contribution in [0.25, 0.3) is 0 Å². The van der Waals surface area contributed by atoms with Gasteiger partial charge >= 0.3 is 0 Å². The molecule has 0 radical (unpaired) electrons. The number of aromatic nitrogens is 1. The van der Waals surface area contributed by atoms with Crippen molar-refractivity contribution < 1.29 is 9.59 Å². The second kappa shape index (κ2) is 9.69. The van der Waals surface area contributed by atoms with E-state index in [4.69, 9.17) is 0 Å². The Morgan fingerprint density at radius 1 is 1.04 bits per heavy atom. The highest BCUT2D eigenvalue weighted by Crippen LogP contribution is 2.20.